The Morgan fingerprint density at radius 2 is 2.25 bits per heavy atom. The molecule has 1 aromatic rings. The van der Waals surface area contributed by atoms with E-state index in [0.717, 1.165) is 6.07 Å². The minimum absolute atomic E-state index is 0.0897. The van der Waals surface area contributed by atoms with Crippen LogP contribution in [0.2, 0.25) is 0 Å². The van der Waals surface area contributed by atoms with Crippen LogP contribution in [0.15, 0.2) is 16.9 Å². The SMILES string of the molecule is CC(O)CCNC(=O)c1cc(O)[nH]c(=O)c1. The third kappa shape index (κ3) is 3.74. The Morgan fingerprint density at radius 1 is 1.56 bits per heavy atom. The number of carbonyl (C=O) groups excluding carboxylic acids is 1. The third-order valence-corrected chi connectivity index (χ3v) is 1.94. The Kier molecular flexibility index (Phi) is 4.07. The number of aromatic nitrogens is 1. The molecule has 4 N–H and O–H groups in total. The van der Waals surface area contributed by atoms with Crippen molar-refractivity contribution >= 4 is 5.91 Å². The molecule has 16 heavy (non-hydrogen) atoms. The number of carbonyl (C=O) groups is 1. The van der Waals surface area contributed by atoms with Gasteiger partial charge in [-0.15, -0.1) is 0 Å². The molecule has 1 rings (SSSR count). The first-order valence-electron chi connectivity index (χ1n) is 4.88. The second-order valence-electron chi connectivity index (χ2n) is 3.51. The molecule has 0 aliphatic carbocycles. The fourth-order valence-electron chi connectivity index (χ4n) is 1.16. The molecule has 0 aromatic carbocycles. The van der Waals surface area contributed by atoms with Gasteiger partial charge in [-0.3, -0.25) is 14.6 Å². The molecule has 6 nitrogen and oxygen atoms in total. The first-order chi connectivity index (χ1) is 7.49. The van der Waals surface area contributed by atoms with Crippen LogP contribution in [0.3, 0.4) is 0 Å². The summed E-state index contributed by atoms with van der Waals surface area (Å²) in [5, 5.41) is 20.6. The summed E-state index contributed by atoms with van der Waals surface area (Å²) in [7, 11) is 0. The van der Waals surface area contributed by atoms with E-state index in [-0.39, 0.29) is 11.4 Å². The highest BCUT2D eigenvalue weighted by molar-refractivity contribution is 5.94. The number of H-pyrrole nitrogens is 1. The molecule has 0 saturated carbocycles. The Hall–Kier alpha value is -1.82. The van der Waals surface area contributed by atoms with Gasteiger partial charge in [0.2, 0.25) is 0 Å². The van der Waals surface area contributed by atoms with Gasteiger partial charge < -0.3 is 15.5 Å². The van der Waals surface area contributed by atoms with Crippen molar-refractivity contribution < 1.29 is 15.0 Å². The molecule has 0 saturated heterocycles. The molecule has 0 bridgehead atoms. The lowest BCUT2D eigenvalue weighted by molar-refractivity contribution is 0.0945. The molecule has 0 aliphatic rings. The van der Waals surface area contributed by atoms with Gasteiger partial charge >= 0.3 is 0 Å². The number of pyridine rings is 1. The van der Waals surface area contributed by atoms with Gasteiger partial charge in [-0.2, -0.15) is 0 Å². The molecule has 1 heterocycles. The lowest BCUT2D eigenvalue weighted by Crippen LogP contribution is -2.27. The smallest absolute Gasteiger partial charge is 0.251 e. The molecule has 1 unspecified atom stereocenters. The maximum Gasteiger partial charge on any atom is 0.251 e. The number of amides is 1. The maximum atomic E-state index is 11.5. The molecular weight excluding hydrogens is 212 g/mol. The van der Waals surface area contributed by atoms with Crippen LogP contribution in [-0.4, -0.2) is 33.8 Å². The number of aliphatic hydroxyl groups excluding tert-OH is 1. The zero-order chi connectivity index (χ0) is 12.1. The van der Waals surface area contributed by atoms with E-state index in [1.165, 1.54) is 6.07 Å². The van der Waals surface area contributed by atoms with Crippen LogP contribution in [0.4, 0.5) is 0 Å². The van der Waals surface area contributed by atoms with Gasteiger partial charge in [0, 0.05) is 18.7 Å². The van der Waals surface area contributed by atoms with Crippen LogP contribution in [0.5, 0.6) is 5.88 Å². The number of hydrogen-bond donors (Lipinski definition) is 4. The highest BCUT2D eigenvalue weighted by Crippen LogP contribution is 2.03. The summed E-state index contributed by atoms with van der Waals surface area (Å²) >= 11 is 0. The first-order valence-corrected chi connectivity index (χ1v) is 4.88. The molecule has 0 fully saturated rings. The molecule has 1 atom stereocenters. The zero-order valence-corrected chi connectivity index (χ0v) is 8.86. The van der Waals surface area contributed by atoms with Crippen molar-refractivity contribution in [3.05, 3.63) is 28.0 Å². The van der Waals surface area contributed by atoms with Crippen molar-refractivity contribution in [3.8, 4) is 5.88 Å². The molecular formula is C10H14N2O4. The Morgan fingerprint density at radius 3 is 2.81 bits per heavy atom. The van der Waals surface area contributed by atoms with E-state index in [4.69, 9.17) is 10.2 Å². The van der Waals surface area contributed by atoms with Crippen molar-refractivity contribution in [2.75, 3.05) is 6.54 Å². The predicted octanol–water partition coefficient (Wildman–Crippen LogP) is -0.419. The van der Waals surface area contributed by atoms with E-state index in [1.807, 2.05) is 0 Å². The molecule has 1 aromatic heterocycles. The van der Waals surface area contributed by atoms with Gasteiger partial charge in [0.25, 0.3) is 11.5 Å². The van der Waals surface area contributed by atoms with Crippen LogP contribution in [0, 0.1) is 0 Å². The quantitative estimate of drug-likeness (QED) is 0.560. The monoisotopic (exact) mass is 226 g/mol. The summed E-state index contributed by atoms with van der Waals surface area (Å²) in [4.78, 5) is 24.6. The van der Waals surface area contributed by atoms with E-state index in [2.05, 4.69) is 10.3 Å². The zero-order valence-electron chi connectivity index (χ0n) is 8.86. The van der Waals surface area contributed by atoms with Gasteiger partial charge in [0.1, 0.15) is 0 Å². The lowest BCUT2D eigenvalue weighted by Gasteiger charge is -2.06. The minimum atomic E-state index is -0.541. The van der Waals surface area contributed by atoms with E-state index < -0.39 is 17.6 Å². The molecule has 1 amide bonds. The average Bonchev–Trinajstić information content (AvgIpc) is 2.15. The average molecular weight is 226 g/mol. The Labute approximate surface area is 91.9 Å². The van der Waals surface area contributed by atoms with Crippen molar-refractivity contribution in [3.63, 3.8) is 0 Å². The molecule has 0 radical (unpaired) electrons. The van der Waals surface area contributed by atoms with E-state index in [9.17, 15) is 9.59 Å². The first kappa shape index (κ1) is 12.3. The van der Waals surface area contributed by atoms with Gasteiger partial charge in [-0.1, -0.05) is 0 Å². The van der Waals surface area contributed by atoms with Crippen LogP contribution in [0.1, 0.15) is 23.7 Å². The van der Waals surface area contributed by atoms with Crippen molar-refractivity contribution in [2.24, 2.45) is 0 Å². The summed E-state index contributed by atoms with van der Waals surface area (Å²) in [6.07, 6.45) is -0.0612. The second kappa shape index (κ2) is 5.32. The molecule has 0 aliphatic heterocycles. The standard InChI is InChI=1S/C10H14N2O4/c1-6(13)2-3-11-10(16)7-4-8(14)12-9(15)5-7/h4-6,13H,2-3H2,1H3,(H,11,16)(H2,12,14,15). The van der Waals surface area contributed by atoms with Gasteiger partial charge in [-0.25, -0.2) is 0 Å². The highest BCUT2D eigenvalue weighted by atomic mass is 16.3. The maximum absolute atomic E-state index is 11.5. The van der Waals surface area contributed by atoms with Gasteiger partial charge in [0.05, 0.1) is 11.7 Å². The Bertz CT molecular complexity index is 425. The number of aromatic amines is 1. The molecule has 0 spiro atoms. The normalized spacial score (nSPS) is 12.1. The number of nitrogens with one attached hydrogen (secondary N) is 2. The van der Waals surface area contributed by atoms with Crippen LogP contribution in [0.25, 0.3) is 0 Å². The van der Waals surface area contributed by atoms with Crippen molar-refractivity contribution in [2.45, 2.75) is 19.4 Å². The fraction of sp³-hybridized carbons (Fsp3) is 0.400. The second-order valence-corrected chi connectivity index (χ2v) is 3.51. The number of aliphatic hydroxyl groups is 1. The third-order valence-electron chi connectivity index (χ3n) is 1.94. The summed E-state index contributed by atoms with van der Waals surface area (Å²) in [6, 6.07) is 2.26. The van der Waals surface area contributed by atoms with E-state index >= 15 is 0 Å². The topological polar surface area (TPSA) is 102 Å². The minimum Gasteiger partial charge on any atom is -0.494 e. The largest absolute Gasteiger partial charge is 0.494 e. The van der Waals surface area contributed by atoms with Crippen LogP contribution in [-0.2, 0) is 0 Å². The van der Waals surface area contributed by atoms with Gasteiger partial charge in [-0.05, 0) is 13.3 Å². The van der Waals surface area contributed by atoms with Crippen LogP contribution >= 0.6 is 0 Å². The number of hydrogen-bond acceptors (Lipinski definition) is 4. The fourth-order valence-corrected chi connectivity index (χ4v) is 1.16. The van der Waals surface area contributed by atoms with Gasteiger partial charge in [0.15, 0.2) is 5.88 Å². The lowest BCUT2D eigenvalue weighted by atomic mass is 10.2. The Balaban J connectivity index is 2.63. The molecule has 88 valence electrons. The predicted molar refractivity (Wildman–Crippen MR) is 57.4 cm³/mol. The molecule has 6 heteroatoms. The number of rotatable bonds is 4. The van der Waals surface area contributed by atoms with Crippen molar-refractivity contribution in [1.82, 2.24) is 10.3 Å². The van der Waals surface area contributed by atoms with E-state index in [1.54, 1.807) is 6.92 Å². The highest BCUT2D eigenvalue weighted by Gasteiger charge is 2.07. The summed E-state index contributed by atoms with van der Waals surface area (Å²) in [6.45, 7) is 1.93. The summed E-state index contributed by atoms with van der Waals surface area (Å²) in [5.41, 5.74) is -0.451. The van der Waals surface area contributed by atoms with Crippen LogP contribution < -0.4 is 10.9 Å². The summed E-state index contributed by atoms with van der Waals surface area (Å²) in [5.74, 6) is -0.810. The van der Waals surface area contributed by atoms with Crippen molar-refractivity contribution in [1.29, 1.82) is 0 Å². The van der Waals surface area contributed by atoms with E-state index in [0.29, 0.717) is 13.0 Å². The number of aromatic hydroxyl groups is 1. The summed E-state index contributed by atoms with van der Waals surface area (Å²) < 4.78 is 0.